The molecule has 0 bridgehead atoms. The van der Waals surface area contributed by atoms with Crippen molar-refractivity contribution in [1.82, 2.24) is 9.78 Å². The van der Waals surface area contributed by atoms with E-state index in [0.717, 1.165) is 17.8 Å². The monoisotopic (exact) mass is 257 g/mol. The number of hydrogen-bond donors (Lipinski definition) is 1. The van der Waals surface area contributed by atoms with Gasteiger partial charge in [-0.05, 0) is 11.5 Å². The maximum Gasteiger partial charge on any atom is 0.269 e. The van der Waals surface area contributed by atoms with Gasteiger partial charge in [-0.3, -0.25) is 4.79 Å². The molecule has 0 saturated carbocycles. The number of anilines is 1. The largest absolute Gasteiger partial charge is 0.383 e. The van der Waals surface area contributed by atoms with E-state index in [9.17, 15) is 4.79 Å². The molecule has 0 unspecified atom stereocenters. The van der Waals surface area contributed by atoms with Crippen molar-refractivity contribution in [2.24, 2.45) is 5.92 Å². The van der Waals surface area contributed by atoms with Crippen molar-refractivity contribution >= 4 is 5.69 Å². The van der Waals surface area contributed by atoms with Crippen molar-refractivity contribution in [3.05, 3.63) is 58.5 Å². The Kier molecular flexibility index (Phi) is 4.34. The molecule has 1 aromatic carbocycles. The van der Waals surface area contributed by atoms with Crippen LogP contribution in [0.25, 0.3) is 0 Å². The summed E-state index contributed by atoms with van der Waals surface area (Å²) in [5.41, 5.74) is 1.76. The Morgan fingerprint density at radius 3 is 2.63 bits per heavy atom. The van der Waals surface area contributed by atoms with E-state index in [-0.39, 0.29) is 5.56 Å². The lowest BCUT2D eigenvalue weighted by molar-refractivity contribution is 0.637. The molecule has 0 aliphatic carbocycles. The second-order valence-corrected chi connectivity index (χ2v) is 5.00. The molecule has 100 valence electrons. The normalized spacial score (nSPS) is 10.7. The summed E-state index contributed by atoms with van der Waals surface area (Å²) in [5, 5.41) is 7.39. The Balaban J connectivity index is 2.09. The van der Waals surface area contributed by atoms with E-state index < -0.39 is 0 Å². The molecule has 2 rings (SSSR count). The summed E-state index contributed by atoms with van der Waals surface area (Å²) >= 11 is 0. The fourth-order valence-electron chi connectivity index (χ4n) is 1.73. The van der Waals surface area contributed by atoms with Gasteiger partial charge in [-0.2, -0.15) is 5.10 Å². The van der Waals surface area contributed by atoms with Crippen LogP contribution in [-0.2, 0) is 6.54 Å². The summed E-state index contributed by atoms with van der Waals surface area (Å²) in [6.45, 7) is 5.59. The molecule has 1 heterocycles. The maximum absolute atomic E-state index is 11.9. The van der Waals surface area contributed by atoms with E-state index in [1.54, 1.807) is 12.3 Å². The zero-order chi connectivity index (χ0) is 13.7. The van der Waals surface area contributed by atoms with Crippen LogP contribution in [0.15, 0.2) is 47.4 Å². The Morgan fingerprint density at radius 1 is 1.26 bits per heavy atom. The molecule has 0 aliphatic rings. The van der Waals surface area contributed by atoms with Crippen LogP contribution in [0.2, 0.25) is 0 Å². The Hall–Kier alpha value is -2.10. The molecule has 4 nitrogen and oxygen atoms in total. The molecule has 0 atom stereocenters. The lowest BCUT2D eigenvalue weighted by atomic mass is 10.2. The van der Waals surface area contributed by atoms with Gasteiger partial charge >= 0.3 is 0 Å². The number of rotatable bonds is 5. The average molecular weight is 257 g/mol. The zero-order valence-corrected chi connectivity index (χ0v) is 11.3. The molecule has 0 spiro atoms. The molecule has 2 aromatic rings. The van der Waals surface area contributed by atoms with Crippen LogP contribution in [0.1, 0.15) is 19.4 Å². The van der Waals surface area contributed by atoms with Gasteiger partial charge in [-0.1, -0.05) is 44.2 Å². The van der Waals surface area contributed by atoms with Gasteiger partial charge in [0.05, 0.1) is 18.4 Å². The van der Waals surface area contributed by atoms with Crippen molar-refractivity contribution in [1.29, 1.82) is 0 Å². The van der Waals surface area contributed by atoms with E-state index in [1.807, 2.05) is 30.3 Å². The minimum Gasteiger partial charge on any atom is -0.383 e. The fraction of sp³-hybridized carbons (Fsp3) is 0.333. The molecule has 1 N–H and O–H groups in total. The predicted octanol–water partition coefficient (Wildman–Crippen LogP) is 2.36. The molecule has 19 heavy (non-hydrogen) atoms. The van der Waals surface area contributed by atoms with Gasteiger partial charge in [0.2, 0.25) is 0 Å². The van der Waals surface area contributed by atoms with Gasteiger partial charge in [-0.15, -0.1) is 0 Å². The first-order chi connectivity index (χ1) is 9.15. The van der Waals surface area contributed by atoms with Crippen LogP contribution in [0.4, 0.5) is 5.69 Å². The van der Waals surface area contributed by atoms with Crippen molar-refractivity contribution < 1.29 is 0 Å². The number of benzene rings is 1. The Labute approximate surface area is 113 Å². The van der Waals surface area contributed by atoms with Crippen molar-refractivity contribution in [3.8, 4) is 0 Å². The average Bonchev–Trinajstić information content (AvgIpc) is 2.40. The van der Waals surface area contributed by atoms with E-state index in [4.69, 9.17) is 0 Å². The Bertz CT molecular complexity index is 575. The lowest BCUT2D eigenvalue weighted by Crippen LogP contribution is -2.23. The summed E-state index contributed by atoms with van der Waals surface area (Å²) in [6, 6.07) is 11.4. The van der Waals surface area contributed by atoms with Gasteiger partial charge in [0, 0.05) is 12.6 Å². The minimum atomic E-state index is -0.0855. The SMILES string of the molecule is CC(C)CNc1cnn(Cc2ccccc2)c(=O)c1. The molecule has 0 amide bonds. The van der Waals surface area contributed by atoms with E-state index >= 15 is 0 Å². The molecule has 1 aromatic heterocycles. The molecule has 4 heteroatoms. The second-order valence-electron chi connectivity index (χ2n) is 5.00. The van der Waals surface area contributed by atoms with Gasteiger partial charge in [0.25, 0.3) is 5.56 Å². The first kappa shape index (κ1) is 13.3. The van der Waals surface area contributed by atoms with E-state index in [1.165, 1.54) is 4.68 Å². The standard InChI is InChI=1S/C15H19N3O/c1-12(2)9-16-14-8-15(19)18(17-10-14)11-13-6-4-3-5-7-13/h3-8,10,12,16H,9,11H2,1-2H3. The van der Waals surface area contributed by atoms with E-state index in [2.05, 4.69) is 24.3 Å². The number of aromatic nitrogens is 2. The van der Waals surface area contributed by atoms with Crippen LogP contribution in [0.5, 0.6) is 0 Å². The highest BCUT2D eigenvalue weighted by Crippen LogP contribution is 2.03. The Morgan fingerprint density at radius 2 is 2.00 bits per heavy atom. The van der Waals surface area contributed by atoms with Gasteiger partial charge < -0.3 is 5.32 Å². The fourth-order valence-corrected chi connectivity index (χ4v) is 1.73. The van der Waals surface area contributed by atoms with Crippen LogP contribution in [-0.4, -0.2) is 16.3 Å². The maximum atomic E-state index is 11.9. The van der Waals surface area contributed by atoms with Crippen LogP contribution >= 0.6 is 0 Å². The first-order valence-corrected chi connectivity index (χ1v) is 6.50. The third kappa shape index (κ3) is 3.95. The highest BCUT2D eigenvalue weighted by atomic mass is 16.1. The van der Waals surface area contributed by atoms with E-state index in [0.29, 0.717) is 12.5 Å². The van der Waals surface area contributed by atoms with Crippen molar-refractivity contribution in [3.63, 3.8) is 0 Å². The third-order valence-electron chi connectivity index (χ3n) is 2.76. The lowest BCUT2D eigenvalue weighted by Gasteiger charge is -2.09. The quantitative estimate of drug-likeness (QED) is 0.894. The predicted molar refractivity (Wildman–Crippen MR) is 77.4 cm³/mol. The molecular weight excluding hydrogens is 238 g/mol. The molecule has 0 fully saturated rings. The number of nitrogens with one attached hydrogen (secondary N) is 1. The molecule has 0 saturated heterocycles. The van der Waals surface area contributed by atoms with Gasteiger partial charge in [-0.25, -0.2) is 4.68 Å². The summed E-state index contributed by atoms with van der Waals surface area (Å²) in [7, 11) is 0. The molecule has 0 radical (unpaired) electrons. The third-order valence-corrected chi connectivity index (χ3v) is 2.76. The highest BCUT2D eigenvalue weighted by Gasteiger charge is 2.01. The topological polar surface area (TPSA) is 46.9 Å². The van der Waals surface area contributed by atoms with Gasteiger partial charge in [0.15, 0.2) is 0 Å². The zero-order valence-electron chi connectivity index (χ0n) is 11.3. The number of hydrogen-bond acceptors (Lipinski definition) is 3. The highest BCUT2D eigenvalue weighted by molar-refractivity contribution is 5.38. The summed E-state index contributed by atoms with van der Waals surface area (Å²) in [6.07, 6.45) is 1.70. The van der Waals surface area contributed by atoms with Crippen LogP contribution in [0.3, 0.4) is 0 Å². The first-order valence-electron chi connectivity index (χ1n) is 6.50. The molecule has 0 aliphatic heterocycles. The van der Waals surface area contributed by atoms with Crippen LogP contribution in [0, 0.1) is 5.92 Å². The summed E-state index contributed by atoms with van der Waals surface area (Å²) in [5.74, 6) is 0.534. The minimum absolute atomic E-state index is 0.0855. The van der Waals surface area contributed by atoms with Crippen molar-refractivity contribution in [2.75, 3.05) is 11.9 Å². The second kappa shape index (κ2) is 6.18. The van der Waals surface area contributed by atoms with Crippen LogP contribution < -0.4 is 10.9 Å². The van der Waals surface area contributed by atoms with Crippen molar-refractivity contribution in [2.45, 2.75) is 20.4 Å². The molecular formula is C15H19N3O. The smallest absolute Gasteiger partial charge is 0.269 e. The number of nitrogens with zero attached hydrogens (tertiary/aromatic N) is 2. The van der Waals surface area contributed by atoms with Gasteiger partial charge in [0.1, 0.15) is 0 Å². The summed E-state index contributed by atoms with van der Waals surface area (Å²) < 4.78 is 1.47. The summed E-state index contributed by atoms with van der Waals surface area (Å²) in [4.78, 5) is 11.9.